The molecular formula is C13H23NO4S. The predicted molar refractivity (Wildman–Crippen MR) is 75.4 cm³/mol. The number of amides is 1. The molecule has 110 valence electrons. The second-order valence-corrected chi connectivity index (χ2v) is 6.38. The number of likely N-dealkylation sites (tertiary alicyclic amines) is 1. The molecule has 0 saturated carbocycles. The molecule has 1 rings (SSSR count). The fourth-order valence-electron chi connectivity index (χ4n) is 2.22. The van der Waals surface area contributed by atoms with Crippen LogP contribution in [0.5, 0.6) is 0 Å². The zero-order valence-electron chi connectivity index (χ0n) is 11.9. The van der Waals surface area contributed by atoms with Crippen molar-refractivity contribution < 1.29 is 19.4 Å². The van der Waals surface area contributed by atoms with Crippen LogP contribution in [-0.4, -0.2) is 51.9 Å². The number of ether oxygens (including phenoxy) is 1. The second kappa shape index (κ2) is 6.13. The molecule has 0 bridgehead atoms. The Bertz CT molecular complexity index is 353. The number of aliphatic carboxylic acids is 1. The lowest BCUT2D eigenvalue weighted by molar-refractivity contribution is -0.149. The third-order valence-electron chi connectivity index (χ3n) is 3.05. The maximum Gasteiger partial charge on any atom is 0.326 e. The molecule has 1 heterocycles. The van der Waals surface area contributed by atoms with Crippen LogP contribution in [0.4, 0.5) is 0 Å². The summed E-state index contributed by atoms with van der Waals surface area (Å²) in [5.74, 6) is -1.01. The smallest absolute Gasteiger partial charge is 0.326 e. The van der Waals surface area contributed by atoms with Gasteiger partial charge in [-0.15, -0.1) is 0 Å². The van der Waals surface area contributed by atoms with Crippen molar-refractivity contribution in [3.8, 4) is 0 Å². The highest BCUT2D eigenvalue weighted by molar-refractivity contribution is 7.80. The Morgan fingerprint density at radius 2 is 2.05 bits per heavy atom. The van der Waals surface area contributed by atoms with E-state index < -0.39 is 12.0 Å². The predicted octanol–water partition coefficient (Wildman–Crippen LogP) is 1.42. The average Bonchev–Trinajstić information content (AvgIpc) is 2.68. The highest BCUT2D eigenvalue weighted by Gasteiger charge is 2.42. The van der Waals surface area contributed by atoms with Crippen molar-refractivity contribution in [3.05, 3.63) is 0 Å². The number of thiol groups is 1. The molecule has 1 N–H and O–H groups in total. The van der Waals surface area contributed by atoms with Crippen LogP contribution >= 0.6 is 12.6 Å². The first-order chi connectivity index (χ1) is 8.65. The van der Waals surface area contributed by atoms with Gasteiger partial charge in [0.2, 0.25) is 5.91 Å². The van der Waals surface area contributed by atoms with E-state index in [1.165, 1.54) is 4.90 Å². The highest BCUT2D eigenvalue weighted by Crippen LogP contribution is 2.26. The zero-order chi connectivity index (χ0) is 14.8. The Labute approximate surface area is 119 Å². The monoisotopic (exact) mass is 289 g/mol. The van der Waals surface area contributed by atoms with E-state index in [4.69, 9.17) is 4.74 Å². The molecule has 0 spiro atoms. The van der Waals surface area contributed by atoms with E-state index in [2.05, 4.69) is 12.6 Å². The van der Waals surface area contributed by atoms with Gasteiger partial charge >= 0.3 is 5.97 Å². The number of hydrogen-bond acceptors (Lipinski definition) is 4. The van der Waals surface area contributed by atoms with Crippen LogP contribution in [-0.2, 0) is 14.3 Å². The highest BCUT2D eigenvalue weighted by atomic mass is 32.1. The first-order valence-electron chi connectivity index (χ1n) is 6.47. The quantitative estimate of drug-likeness (QED) is 0.768. The van der Waals surface area contributed by atoms with Crippen LogP contribution in [0.15, 0.2) is 0 Å². The van der Waals surface area contributed by atoms with Crippen molar-refractivity contribution in [1.82, 2.24) is 4.90 Å². The van der Waals surface area contributed by atoms with Gasteiger partial charge < -0.3 is 14.7 Å². The lowest BCUT2D eigenvalue weighted by Gasteiger charge is -2.26. The molecule has 3 atom stereocenters. The molecule has 5 nitrogen and oxygen atoms in total. The molecule has 1 amide bonds. The van der Waals surface area contributed by atoms with E-state index in [1.807, 2.05) is 20.8 Å². The molecule has 0 radical (unpaired) electrons. The van der Waals surface area contributed by atoms with Crippen LogP contribution in [0.3, 0.4) is 0 Å². The van der Waals surface area contributed by atoms with E-state index in [1.54, 1.807) is 6.92 Å². The summed E-state index contributed by atoms with van der Waals surface area (Å²) in [5.41, 5.74) is -0.345. The van der Waals surface area contributed by atoms with Crippen LogP contribution < -0.4 is 0 Å². The van der Waals surface area contributed by atoms with Crippen molar-refractivity contribution in [2.75, 3.05) is 12.3 Å². The van der Waals surface area contributed by atoms with Crippen LogP contribution in [0, 0.1) is 5.92 Å². The maximum atomic E-state index is 12.2. The Kier molecular flexibility index (Phi) is 5.26. The van der Waals surface area contributed by atoms with Crippen LogP contribution in [0.1, 0.15) is 34.1 Å². The lowest BCUT2D eigenvalue weighted by Crippen LogP contribution is -2.43. The molecule has 0 aromatic rings. The second-order valence-electron chi connectivity index (χ2n) is 6.02. The van der Waals surface area contributed by atoms with Crippen LogP contribution in [0.2, 0.25) is 0 Å². The first kappa shape index (κ1) is 16.3. The number of carbonyl (C=O) groups is 2. The van der Waals surface area contributed by atoms with Gasteiger partial charge in [-0.1, -0.05) is 6.92 Å². The molecule has 1 aliphatic rings. The fraction of sp³-hybridized carbons (Fsp3) is 0.846. The topological polar surface area (TPSA) is 66.8 Å². The van der Waals surface area contributed by atoms with Crippen molar-refractivity contribution in [3.63, 3.8) is 0 Å². The standard InChI is InChI=1S/C13H23NO4S/c1-8(7-19)11(15)14-6-9(18-13(2,3)4)5-10(14)12(16)17/h8-10,19H,5-7H2,1-4H3,(H,16,17)/t8?,9?,10-/m0/s1. The minimum Gasteiger partial charge on any atom is -0.480 e. The Hall–Kier alpha value is -0.750. The summed E-state index contributed by atoms with van der Waals surface area (Å²) >= 11 is 4.09. The largest absolute Gasteiger partial charge is 0.480 e. The van der Waals surface area contributed by atoms with E-state index in [-0.39, 0.29) is 23.5 Å². The molecule has 0 aromatic heterocycles. The Morgan fingerprint density at radius 3 is 2.47 bits per heavy atom. The van der Waals surface area contributed by atoms with Crippen molar-refractivity contribution >= 4 is 24.5 Å². The van der Waals surface area contributed by atoms with E-state index in [0.717, 1.165) is 0 Å². The Morgan fingerprint density at radius 1 is 1.47 bits per heavy atom. The van der Waals surface area contributed by atoms with Gasteiger partial charge in [-0.25, -0.2) is 4.79 Å². The van der Waals surface area contributed by atoms with Gasteiger partial charge in [0.15, 0.2) is 0 Å². The molecule has 2 unspecified atom stereocenters. The van der Waals surface area contributed by atoms with E-state index in [0.29, 0.717) is 18.7 Å². The summed E-state index contributed by atoms with van der Waals surface area (Å²) in [6, 6.07) is -0.790. The summed E-state index contributed by atoms with van der Waals surface area (Å²) < 4.78 is 5.80. The van der Waals surface area contributed by atoms with Crippen molar-refractivity contribution in [1.29, 1.82) is 0 Å². The summed E-state index contributed by atoms with van der Waals surface area (Å²) in [6.07, 6.45) is 0.120. The maximum absolute atomic E-state index is 12.2. The van der Waals surface area contributed by atoms with Crippen molar-refractivity contribution in [2.24, 2.45) is 5.92 Å². The number of carboxylic acid groups (broad SMARTS) is 1. The molecule has 0 aliphatic carbocycles. The molecule has 19 heavy (non-hydrogen) atoms. The molecule has 0 aromatic carbocycles. The Balaban J connectivity index is 2.79. The minimum absolute atomic E-state index is 0.164. The summed E-state index contributed by atoms with van der Waals surface area (Å²) in [6.45, 7) is 7.86. The summed E-state index contributed by atoms with van der Waals surface area (Å²) in [4.78, 5) is 24.8. The lowest BCUT2D eigenvalue weighted by atomic mass is 10.1. The zero-order valence-corrected chi connectivity index (χ0v) is 12.8. The van der Waals surface area contributed by atoms with Gasteiger partial charge in [0.25, 0.3) is 0 Å². The van der Waals surface area contributed by atoms with Gasteiger partial charge in [0.05, 0.1) is 11.7 Å². The van der Waals surface area contributed by atoms with E-state index >= 15 is 0 Å². The summed E-state index contributed by atoms with van der Waals surface area (Å²) in [7, 11) is 0. The number of hydrogen-bond donors (Lipinski definition) is 2. The van der Waals surface area contributed by atoms with Gasteiger partial charge in [-0.2, -0.15) is 12.6 Å². The number of nitrogens with zero attached hydrogens (tertiary/aromatic N) is 1. The molecular weight excluding hydrogens is 266 g/mol. The number of carboxylic acids is 1. The number of rotatable bonds is 4. The third kappa shape index (κ3) is 4.38. The fourth-order valence-corrected chi connectivity index (χ4v) is 2.38. The average molecular weight is 289 g/mol. The van der Waals surface area contributed by atoms with Crippen molar-refractivity contribution in [2.45, 2.75) is 51.9 Å². The van der Waals surface area contributed by atoms with Gasteiger partial charge in [0, 0.05) is 24.6 Å². The number of carbonyl (C=O) groups excluding carboxylic acids is 1. The van der Waals surface area contributed by atoms with Gasteiger partial charge in [-0.3, -0.25) is 4.79 Å². The third-order valence-corrected chi connectivity index (χ3v) is 3.59. The summed E-state index contributed by atoms with van der Waals surface area (Å²) in [5, 5.41) is 9.23. The molecule has 1 saturated heterocycles. The molecule has 1 aliphatic heterocycles. The SMILES string of the molecule is CC(CS)C(=O)N1CC(OC(C)(C)C)C[C@H]1C(=O)O. The molecule has 6 heteroatoms. The first-order valence-corrected chi connectivity index (χ1v) is 7.11. The van der Waals surface area contributed by atoms with Crippen LogP contribution in [0.25, 0.3) is 0 Å². The van der Waals surface area contributed by atoms with Gasteiger partial charge in [0.1, 0.15) is 6.04 Å². The minimum atomic E-state index is -0.972. The van der Waals surface area contributed by atoms with Gasteiger partial charge in [-0.05, 0) is 20.8 Å². The molecule has 1 fully saturated rings. The van der Waals surface area contributed by atoms with E-state index in [9.17, 15) is 14.7 Å². The normalized spacial score (nSPS) is 25.4.